The largest absolute Gasteiger partial charge is 0.369 e. The van der Waals surface area contributed by atoms with Gasteiger partial charge in [0.2, 0.25) is 5.91 Å². The zero-order valence-electron chi connectivity index (χ0n) is 14.5. The second kappa shape index (κ2) is 7.17. The van der Waals surface area contributed by atoms with Gasteiger partial charge in [-0.25, -0.2) is 0 Å². The van der Waals surface area contributed by atoms with Gasteiger partial charge in [-0.05, 0) is 36.8 Å². The molecule has 0 aliphatic heterocycles. The number of aromatic nitrogens is 2. The number of carbonyl (C=O) groups excluding carboxylic acids is 2. The minimum absolute atomic E-state index is 0.145. The first-order chi connectivity index (χ1) is 12.3. The number of nitrogens with zero attached hydrogens (tertiary/aromatic N) is 2. The molecule has 26 heavy (non-hydrogen) atoms. The van der Waals surface area contributed by atoms with Crippen LogP contribution in [-0.4, -0.2) is 21.4 Å². The van der Waals surface area contributed by atoms with Crippen molar-refractivity contribution in [2.45, 2.75) is 19.4 Å². The molecule has 0 bridgehead atoms. The molecule has 0 aliphatic carbocycles. The van der Waals surface area contributed by atoms with Crippen LogP contribution in [0.15, 0.2) is 42.6 Å². The lowest BCUT2D eigenvalue weighted by Gasteiger charge is -2.14. The van der Waals surface area contributed by atoms with Crippen LogP contribution >= 0.6 is 11.6 Å². The zero-order valence-corrected chi connectivity index (χ0v) is 15.2. The number of aryl methyl sites for hydroxylation is 1. The Labute approximate surface area is 156 Å². The molecule has 3 rings (SSSR count). The second-order valence-electron chi connectivity index (χ2n) is 6.22. The summed E-state index contributed by atoms with van der Waals surface area (Å²) in [5.74, 6) is -0.605. The number of primary amides is 1. The highest BCUT2D eigenvalue weighted by atomic mass is 35.5. The van der Waals surface area contributed by atoms with E-state index in [-0.39, 0.29) is 18.4 Å². The summed E-state index contributed by atoms with van der Waals surface area (Å²) in [6.45, 7) is 1.85. The van der Waals surface area contributed by atoms with Crippen molar-refractivity contribution in [3.8, 4) is 0 Å². The van der Waals surface area contributed by atoms with Gasteiger partial charge in [0.15, 0.2) is 0 Å². The molecule has 2 amide bonds. The van der Waals surface area contributed by atoms with E-state index in [1.54, 1.807) is 24.4 Å². The molecule has 0 fully saturated rings. The predicted octanol–water partition coefficient (Wildman–Crippen LogP) is 2.75. The molecular weight excluding hydrogens is 352 g/mol. The molecule has 7 heteroatoms. The smallest absolute Gasteiger partial charge is 0.268 e. The molecule has 0 saturated heterocycles. The van der Waals surface area contributed by atoms with Crippen LogP contribution in [0.3, 0.4) is 0 Å². The van der Waals surface area contributed by atoms with Gasteiger partial charge in [0.25, 0.3) is 5.91 Å². The lowest BCUT2D eigenvalue weighted by atomic mass is 10.1. The molecule has 1 unspecified atom stereocenters. The molecule has 6 nitrogen and oxygen atoms in total. The van der Waals surface area contributed by atoms with Crippen LogP contribution < -0.4 is 11.1 Å². The summed E-state index contributed by atoms with van der Waals surface area (Å²) in [5, 5.41) is 4.51. The molecule has 134 valence electrons. The Hall–Kier alpha value is -2.86. The Balaban J connectivity index is 1.77. The number of amides is 2. The van der Waals surface area contributed by atoms with Gasteiger partial charge in [-0.1, -0.05) is 23.7 Å². The number of rotatable bonds is 5. The van der Waals surface area contributed by atoms with Crippen LogP contribution in [0.25, 0.3) is 10.9 Å². The van der Waals surface area contributed by atoms with Crippen molar-refractivity contribution in [3.05, 3.63) is 64.6 Å². The first-order valence-electron chi connectivity index (χ1n) is 8.14. The third-order valence-corrected chi connectivity index (χ3v) is 4.49. The van der Waals surface area contributed by atoms with Crippen molar-refractivity contribution >= 4 is 34.3 Å². The number of nitrogens with one attached hydrogen (secondary N) is 1. The molecule has 3 aromatic rings. The van der Waals surface area contributed by atoms with Gasteiger partial charge in [0, 0.05) is 29.2 Å². The summed E-state index contributed by atoms with van der Waals surface area (Å²) < 4.78 is 1.81. The van der Waals surface area contributed by atoms with Crippen LogP contribution in [0, 0.1) is 0 Å². The molecule has 3 N–H and O–H groups in total. The second-order valence-corrected chi connectivity index (χ2v) is 6.66. The highest BCUT2D eigenvalue weighted by Crippen LogP contribution is 2.23. The van der Waals surface area contributed by atoms with Gasteiger partial charge in [0.1, 0.15) is 5.69 Å². The Morgan fingerprint density at radius 3 is 2.69 bits per heavy atom. The van der Waals surface area contributed by atoms with E-state index >= 15 is 0 Å². The summed E-state index contributed by atoms with van der Waals surface area (Å²) in [6, 6.07) is 10.6. The quantitative estimate of drug-likeness (QED) is 0.723. The van der Waals surface area contributed by atoms with Crippen LogP contribution in [0.2, 0.25) is 5.02 Å². The molecular formula is C19H19ClN4O2. The van der Waals surface area contributed by atoms with E-state index in [9.17, 15) is 9.59 Å². The van der Waals surface area contributed by atoms with E-state index in [4.69, 9.17) is 17.3 Å². The van der Waals surface area contributed by atoms with E-state index in [0.29, 0.717) is 16.4 Å². The molecule has 0 aliphatic rings. The summed E-state index contributed by atoms with van der Waals surface area (Å²) in [4.78, 5) is 27.9. The van der Waals surface area contributed by atoms with Gasteiger partial charge in [0.05, 0.1) is 18.2 Å². The maximum absolute atomic E-state index is 12.7. The minimum atomic E-state index is -0.406. The Morgan fingerprint density at radius 2 is 2.04 bits per heavy atom. The first kappa shape index (κ1) is 17.9. The van der Waals surface area contributed by atoms with Gasteiger partial charge < -0.3 is 15.6 Å². The van der Waals surface area contributed by atoms with E-state index in [2.05, 4.69) is 10.3 Å². The average Bonchev–Trinajstić information content (AvgIpc) is 2.91. The Bertz CT molecular complexity index is 979. The van der Waals surface area contributed by atoms with Crippen LogP contribution in [0.1, 0.15) is 34.7 Å². The highest BCUT2D eigenvalue weighted by molar-refractivity contribution is 6.31. The normalized spacial score (nSPS) is 12.1. The van der Waals surface area contributed by atoms with Gasteiger partial charge in [-0.2, -0.15) is 0 Å². The van der Waals surface area contributed by atoms with Crippen LogP contribution in [0.5, 0.6) is 0 Å². The van der Waals surface area contributed by atoms with Gasteiger partial charge in [-0.15, -0.1) is 0 Å². The van der Waals surface area contributed by atoms with Crippen molar-refractivity contribution < 1.29 is 9.59 Å². The van der Waals surface area contributed by atoms with Gasteiger partial charge in [-0.3, -0.25) is 14.6 Å². The third kappa shape index (κ3) is 3.70. The summed E-state index contributed by atoms with van der Waals surface area (Å²) >= 11 is 6.04. The average molecular weight is 371 g/mol. The monoisotopic (exact) mass is 370 g/mol. The maximum atomic E-state index is 12.7. The summed E-state index contributed by atoms with van der Waals surface area (Å²) in [5.41, 5.74) is 8.05. The summed E-state index contributed by atoms with van der Waals surface area (Å²) in [6.07, 6.45) is 1.74. The predicted molar refractivity (Wildman–Crippen MR) is 101 cm³/mol. The molecule has 0 spiro atoms. The Kier molecular flexibility index (Phi) is 4.95. The molecule has 2 heterocycles. The van der Waals surface area contributed by atoms with Crippen LogP contribution in [0.4, 0.5) is 0 Å². The van der Waals surface area contributed by atoms with E-state index in [1.165, 1.54) is 0 Å². The van der Waals surface area contributed by atoms with E-state index < -0.39 is 5.91 Å². The first-order valence-corrected chi connectivity index (χ1v) is 8.52. The number of hydrogen-bond donors (Lipinski definition) is 2. The number of carbonyl (C=O) groups is 2. The topological polar surface area (TPSA) is 90.0 Å². The van der Waals surface area contributed by atoms with Crippen molar-refractivity contribution in [2.75, 3.05) is 0 Å². The maximum Gasteiger partial charge on any atom is 0.268 e. The van der Waals surface area contributed by atoms with Crippen molar-refractivity contribution in [2.24, 2.45) is 12.8 Å². The van der Waals surface area contributed by atoms with Crippen molar-refractivity contribution in [1.82, 2.24) is 14.9 Å². The Morgan fingerprint density at radius 1 is 1.27 bits per heavy atom. The minimum Gasteiger partial charge on any atom is -0.369 e. The van der Waals surface area contributed by atoms with Crippen molar-refractivity contribution in [3.63, 3.8) is 0 Å². The fraction of sp³-hybridized carbons (Fsp3) is 0.211. The molecule has 0 saturated carbocycles. The lowest BCUT2D eigenvalue weighted by molar-refractivity contribution is -0.117. The number of nitrogens with two attached hydrogens (primary N) is 1. The van der Waals surface area contributed by atoms with E-state index in [0.717, 1.165) is 16.5 Å². The van der Waals surface area contributed by atoms with Crippen molar-refractivity contribution in [1.29, 1.82) is 0 Å². The lowest BCUT2D eigenvalue weighted by Crippen LogP contribution is -2.28. The fourth-order valence-corrected chi connectivity index (χ4v) is 3.03. The third-order valence-electron chi connectivity index (χ3n) is 4.26. The van der Waals surface area contributed by atoms with E-state index in [1.807, 2.05) is 36.7 Å². The summed E-state index contributed by atoms with van der Waals surface area (Å²) in [7, 11) is 1.83. The standard InChI is InChI=1S/C19H19ClN4O2/c1-11(15-6-3-12(10-22-15)7-18(21)25)23-19(26)17-8-13-4-5-14(20)9-16(13)24(17)2/h3-6,8-11H,7H2,1-2H3,(H2,21,25)(H,23,26). The number of fused-ring (bicyclic) bond motifs is 1. The van der Waals surface area contributed by atoms with Crippen LogP contribution in [-0.2, 0) is 18.3 Å². The fourth-order valence-electron chi connectivity index (χ4n) is 2.86. The molecule has 2 aromatic heterocycles. The molecule has 1 aromatic carbocycles. The number of hydrogen-bond acceptors (Lipinski definition) is 3. The number of pyridine rings is 1. The van der Waals surface area contributed by atoms with Gasteiger partial charge >= 0.3 is 0 Å². The zero-order chi connectivity index (χ0) is 18.8. The molecule has 1 atom stereocenters. The number of benzene rings is 1. The highest BCUT2D eigenvalue weighted by Gasteiger charge is 2.17. The SMILES string of the molecule is CC(NC(=O)c1cc2ccc(Cl)cc2n1C)c1ccc(CC(N)=O)cn1. The molecule has 0 radical (unpaired) electrons. The number of halogens is 1.